The number of nitrogens with zero attached hydrogens (tertiary/aromatic N) is 2. The molecule has 1 heterocycles. The maximum absolute atomic E-state index is 12.9. The summed E-state index contributed by atoms with van der Waals surface area (Å²) in [6.07, 6.45) is 1.73. The molecule has 0 aromatic heterocycles. The van der Waals surface area contributed by atoms with Crippen LogP contribution in [-0.4, -0.2) is 57.3 Å². The maximum atomic E-state index is 12.9. The standard InChI is InChI=1S/C31H38N2O3/c1-4-36-30(34)31(2,26-13-6-5-7-14-26)18-11-19-32-20-22-33(23-21-32)27-15-10-12-25(24-27)28-16-8-9-17-29(28)35-3/h5-10,12-17,24H,4,11,18-23H2,1-3H3. The summed E-state index contributed by atoms with van der Waals surface area (Å²) < 4.78 is 11.0. The van der Waals surface area contributed by atoms with E-state index < -0.39 is 5.41 Å². The van der Waals surface area contributed by atoms with Gasteiger partial charge in [-0.25, -0.2) is 0 Å². The van der Waals surface area contributed by atoms with Crippen LogP contribution in [0.2, 0.25) is 0 Å². The summed E-state index contributed by atoms with van der Waals surface area (Å²) in [4.78, 5) is 17.8. The molecule has 5 heteroatoms. The maximum Gasteiger partial charge on any atom is 0.316 e. The molecule has 36 heavy (non-hydrogen) atoms. The van der Waals surface area contributed by atoms with Crippen molar-refractivity contribution >= 4 is 11.7 Å². The van der Waals surface area contributed by atoms with Gasteiger partial charge in [0.25, 0.3) is 0 Å². The summed E-state index contributed by atoms with van der Waals surface area (Å²) in [5.74, 6) is 0.765. The molecule has 0 aliphatic carbocycles. The first-order valence-electron chi connectivity index (χ1n) is 13.0. The summed E-state index contributed by atoms with van der Waals surface area (Å²) in [6, 6.07) is 26.9. The summed E-state index contributed by atoms with van der Waals surface area (Å²) in [5, 5.41) is 0. The lowest BCUT2D eigenvalue weighted by Crippen LogP contribution is -2.47. The highest BCUT2D eigenvalue weighted by Crippen LogP contribution is 2.33. The molecule has 0 N–H and O–H groups in total. The molecule has 1 saturated heterocycles. The van der Waals surface area contributed by atoms with Crippen molar-refractivity contribution in [1.29, 1.82) is 0 Å². The number of hydrogen-bond acceptors (Lipinski definition) is 5. The molecular formula is C31H38N2O3. The highest BCUT2D eigenvalue weighted by molar-refractivity contribution is 5.82. The van der Waals surface area contributed by atoms with Crippen LogP contribution >= 0.6 is 0 Å². The Hall–Kier alpha value is -3.31. The Morgan fingerprint density at radius 2 is 1.64 bits per heavy atom. The third-order valence-electron chi connectivity index (χ3n) is 7.29. The van der Waals surface area contributed by atoms with E-state index in [0.717, 1.165) is 62.4 Å². The molecule has 1 fully saturated rings. The van der Waals surface area contributed by atoms with Crippen LogP contribution in [0.1, 0.15) is 32.3 Å². The van der Waals surface area contributed by atoms with E-state index in [9.17, 15) is 4.79 Å². The highest BCUT2D eigenvalue weighted by Gasteiger charge is 2.36. The average molecular weight is 487 g/mol. The Morgan fingerprint density at radius 1 is 0.917 bits per heavy atom. The summed E-state index contributed by atoms with van der Waals surface area (Å²) in [5.41, 5.74) is 3.95. The van der Waals surface area contributed by atoms with E-state index in [2.05, 4.69) is 40.1 Å². The minimum Gasteiger partial charge on any atom is -0.496 e. The summed E-state index contributed by atoms with van der Waals surface area (Å²) >= 11 is 0. The van der Waals surface area contributed by atoms with E-state index in [1.807, 2.05) is 62.4 Å². The number of benzene rings is 3. The van der Waals surface area contributed by atoms with Crippen LogP contribution in [0, 0.1) is 0 Å². The van der Waals surface area contributed by atoms with Crippen LogP contribution in [0.4, 0.5) is 5.69 Å². The van der Waals surface area contributed by atoms with Crippen LogP contribution in [0.5, 0.6) is 5.75 Å². The number of para-hydroxylation sites is 1. The van der Waals surface area contributed by atoms with Crippen molar-refractivity contribution in [3.05, 3.63) is 84.4 Å². The fourth-order valence-electron chi connectivity index (χ4n) is 5.10. The van der Waals surface area contributed by atoms with E-state index in [4.69, 9.17) is 9.47 Å². The van der Waals surface area contributed by atoms with E-state index in [-0.39, 0.29) is 5.97 Å². The molecule has 4 rings (SSSR count). The zero-order valence-corrected chi connectivity index (χ0v) is 21.8. The highest BCUT2D eigenvalue weighted by atomic mass is 16.5. The Bertz CT molecular complexity index is 1130. The molecule has 1 aliphatic rings. The van der Waals surface area contributed by atoms with E-state index in [1.165, 1.54) is 11.3 Å². The predicted octanol–water partition coefficient (Wildman–Crippen LogP) is 5.79. The van der Waals surface area contributed by atoms with Crippen LogP contribution in [0.15, 0.2) is 78.9 Å². The molecule has 1 unspecified atom stereocenters. The first-order valence-corrected chi connectivity index (χ1v) is 13.0. The monoisotopic (exact) mass is 486 g/mol. The Balaban J connectivity index is 1.34. The second kappa shape index (κ2) is 12.1. The number of carbonyl (C=O) groups is 1. The topological polar surface area (TPSA) is 42.0 Å². The number of ether oxygens (including phenoxy) is 2. The SMILES string of the molecule is CCOC(=O)C(C)(CCCN1CCN(c2cccc(-c3ccccc3OC)c2)CC1)c1ccccc1. The molecule has 190 valence electrons. The smallest absolute Gasteiger partial charge is 0.316 e. The number of methoxy groups -OCH3 is 1. The van der Waals surface area contributed by atoms with Gasteiger partial charge in [-0.2, -0.15) is 0 Å². The van der Waals surface area contributed by atoms with Gasteiger partial charge in [-0.15, -0.1) is 0 Å². The molecule has 3 aromatic carbocycles. The second-order valence-electron chi connectivity index (χ2n) is 9.60. The molecule has 1 atom stereocenters. The third kappa shape index (κ3) is 5.90. The predicted molar refractivity (Wildman–Crippen MR) is 147 cm³/mol. The zero-order valence-electron chi connectivity index (χ0n) is 21.8. The van der Waals surface area contributed by atoms with Crippen LogP contribution in [0.25, 0.3) is 11.1 Å². The first-order chi connectivity index (χ1) is 17.5. The average Bonchev–Trinajstić information content (AvgIpc) is 2.94. The van der Waals surface area contributed by atoms with Gasteiger partial charge in [0.2, 0.25) is 0 Å². The molecule has 0 bridgehead atoms. The number of rotatable bonds is 10. The third-order valence-corrected chi connectivity index (χ3v) is 7.29. The molecule has 1 aliphatic heterocycles. The largest absolute Gasteiger partial charge is 0.496 e. The molecule has 5 nitrogen and oxygen atoms in total. The van der Waals surface area contributed by atoms with Crippen LogP contribution in [0.3, 0.4) is 0 Å². The Labute approximate surface area is 215 Å². The normalized spacial score (nSPS) is 15.8. The molecule has 0 radical (unpaired) electrons. The summed E-state index contributed by atoms with van der Waals surface area (Å²) in [6.45, 7) is 9.29. The number of carbonyl (C=O) groups excluding carboxylic acids is 1. The van der Waals surface area contributed by atoms with Gasteiger partial charge in [0, 0.05) is 37.4 Å². The van der Waals surface area contributed by atoms with E-state index >= 15 is 0 Å². The van der Waals surface area contributed by atoms with Gasteiger partial charge in [0.05, 0.1) is 19.1 Å². The van der Waals surface area contributed by atoms with Gasteiger partial charge in [-0.05, 0) is 62.6 Å². The van der Waals surface area contributed by atoms with Crippen molar-refractivity contribution in [3.63, 3.8) is 0 Å². The number of esters is 1. The zero-order chi connectivity index (χ0) is 25.4. The van der Waals surface area contributed by atoms with Crippen LogP contribution < -0.4 is 9.64 Å². The quantitative estimate of drug-likeness (QED) is 0.340. The summed E-state index contributed by atoms with van der Waals surface area (Å²) in [7, 11) is 1.72. The van der Waals surface area contributed by atoms with Crippen molar-refractivity contribution in [2.75, 3.05) is 51.3 Å². The number of anilines is 1. The second-order valence-corrected chi connectivity index (χ2v) is 9.60. The van der Waals surface area contributed by atoms with Crippen molar-refractivity contribution in [3.8, 4) is 16.9 Å². The van der Waals surface area contributed by atoms with E-state index in [0.29, 0.717) is 6.61 Å². The van der Waals surface area contributed by atoms with E-state index in [1.54, 1.807) is 7.11 Å². The Morgan fingerprint density at radius 3 is 2.36 bits per heavy atom. The van der Waals surface area contributed by atoms with Crippen molar-refractivity contribution in [2.45, 2.75) is 32.1 Å². The minimum atomic E-state index is -0.613. The van der Waals surface area contributed by atoms with Gasteiger partial charge in [-0.3, -0.25) is 9.69 Å². The van der Waals surface area contributed by atoms with Crippen molar-refractivity contribution in [1.82, 2.24) is 4.90 Å². The molecule has 0 amide bonds. The molecule has 0 spiro atoms. The Kier molecular flexibility index (Phi) is 8.65. The first kappa shape index (κ1) is 25.8. The van der Waals surface area contributed by atoms with Crippen molar-refractivity contribution in [2.24, 2.45) is 0 Å². The number of hydrogen-bond donors (Lipinski definition) is 0. The lowest BCUT2D eigenvalue weighted by atomic mass is 9.78. The van der Waals surface area contributed by atoms with Gasteiger partial charge in [0.1, 0.15) is 5.75 Å². The van der Waals surface area contributed by atoms with Gasteiger partial charge in [-0.1, -0.05) is 60.7 Å². The lowest BCUT2D eigenvalue weighted by Gasteiger charge is -2.37. The molecular weight excluding hydrogens is 448 g/mol. The van der Waals surface area contributed by atoms with Crippen molar-refractivity contribution < 1.29 is 14.3 Å². The molecule has 0 saturated carbocycles. The fourth-order valence-corrected chi connectivity index (χ4v) is 5.10. The number of piperazine rings is 1. The fraction of sp³-hybridized carbons (Fsp3) is 0.387. The van der Waals surface area contributed by atoms with Gasteiger partial charge < -0.3 is 14.4 Å². The minimum absolute atomic E-state index is 0.129. The van der Waals surface area contributed by atoms with Gasteiger partial charge in [0.15, 0.2) is 0 Å². The van der Waals surface area contributed by atoms with Crippen LogP contribution in [-0.2, 0) is 14.9 Å². The lowest BCUT2D eigenvalue weighted by molar-refractivity contribution is -0.149. The molecule has 3 aromatic rings. The van der Waals surface area contributed by atoms with Gasteiger partial charge >= 0.3 is 5.97 Å².